The lowest BCUT2D eigenvalue weighted by Gasteiger charge is -2.07. The zero-order valence-electron chi connectivity index (χ0n) is 14.5. The highest BCUT2D eigenvalue weighted by Gasteiger charge is 2.11. The standard InChI is InChI=1S/C20H19ClN2O3S/c21-15-5-7-16(8-6-15)27-10-9-22-19(24)13-26-20(25)11-14-12-23-18-4-2-1-3-17(14)18/h1-8,12,23H,9-11,13H2,(H,22,24). The van der Waals surface area contributed by atoms with Crippen molar-refractivity contribution in [1.29, 1.82) is 0 Å². The third-order valence-corrected chi connectivity index (χ3v) is 5.15. The summed E-state index contributed by atoms with van der Waals surface area (Å²) in [6.45, 7) is 0.221. The molecule has 0 atom stereocenters. The van der Waals surface area contributed by atoms with Crippen molar-refractivity contribution in [1.82, 2.24) is 10.3 Å². The molecule has 7 heteroatoms. The number of carbonyl (C=O) groups is 2. The summed E-state index contributed by atoms with van der Waals surface area (Å²) in [5.74, 6) is -0.0131. The lowest BCUT2D eigenvalue weighted by molar-refractivity contribution is -0.147. The molecular weight excluding hydrogens is 384 g/mol. The molecule has 0 aliphatic heterocycles. The van der Waals surface area contributed by atoms with E-state index in [-0.39, 0.29) is 18.9 Å². The minimum Gasteiger partial charge on any atom is -0.455 e. The highest BCUT2D eigenvalue weighted by atomic mass is 35.5. The van der Waals surface area contributed by atoms with Gasteiger partial charge in [-0.15, -0.1) is 11.8 Å². The number of halogens is 1. The summed E-state index contributed by atoms with van der Waals surface area (Å²) in [5.41, 5.74) is 1.83. The Balaban J connectivity index is 1.35. The zero-order valence-corrected chi connectivity index (χ0v) is 16.1. The van der Waals surface area contributed by atoms with Crippen molar-refractivity contribution >= 4 is 46.1 Å². The molecule has 0 bridgehead atoms. The van der Waals surface area contributed by atoms with Gasteiger partial charge in [-0.05, 0) is 35.9 Å². The number of carbonyl (C=O) groups excluding carboxylic acids is 2. The molecule has 140 valence electrons. The Hall–Kier alpha value is -2.44. The number of aromatic amines is 1. The largest absolute Gasteiger partial charge is 0.455 e. The zero-order chi connectivity index (χ0) is 19.1. The Bertz CT molecular complexity index is 924. The quantitative estimate of drug-likeness (QED) is 0.341. The summed E-state index contributed by atoms with van der Waals surface area (Å²) in [4.78, 5) is 28.0. The fraction of sp³-hybridized carbons (Fsp3) is 0.200. The first-order valence-corrected chi connectivity index (χ1v) is 9.84. The number of H-pyrrole nitrogens is 1. The number of benzene rings is 2. The van der Waals surface area contributed by atoms with Crippen LogP contribution in [0.4, 0.5) is 0 Å². The van der Waals surface area contributed by atoms with Crippen molar-refractivity contribution < 1.29 is 14.3 Å². The molecule has 5 nitrogen and oxygen atoms in total. The molecule has 0 fully saturated rings. The molecule has 1 aromatic heterocycles. The molecule has 3 rings (SSSR count). The molecule has 2 aromatic carbocycles. The Morgan fingerprint density at radius 2 is 1.89 bits per heavy atom. The van der Waals surface area contributed by atoms with Crippen LogP contribution in [-0.2, 0) is 20.7 Å². The molecule has 1 heterocycles. The van der Waals surface area contributed by atoms with Crippen LogP contribution in [0.25, 0.3) is 10.9 Å². The van der Waals surface area contributed by atoms with Gasteiger partial charge in [0.15, 0.2) is 6.61 Å². The molecule has 27 heavy (non-hydrogen) atoms. The number of ether oxygens (including phenoxy) is 1. The van der Waals surface area contributed by atoms with Gasteiger partial charge < -0.3 is 15.0 Å². The number of aromatic nitrogens is 1. The number of hydrogen-bond acceptors (Lipinski definition) is 4. The molecule has 3 aromatic rings. The second kappa shape index (κ2) is 9.48. The van der Waals surface area contributed by atoms with Crippen LogP contribution in [0, 0.1) is 0 Å². The summed E-state index contributed by atoms with van der Waals surface area (Å²) < 4.78 is 5.07. The number of rotatable bonds is 8. The summed E-state index contributed by atoms with van der Waals surface area (Å²) in [6.07, 6.45) is 1.92. The van der Waals surface area contributed by atoms with E-state index in [0.29, 0.717) is 11.6 Å². The Labute approximate surface area is 166 Å². The van der Waals surface area contributed by atoms with Gasteiger partial charge in [-0.1, -0.05) is 29.8 Å². The van der Waals surface area contributed by atoms with E-state index in [4.69, 9.17) is 16.3 Å². The van der Waals surface area contributed by atoms with E-state index in [2.05, 4.69) is 10.3 Å². The van der Waals surface area contributed by atoms with Crippen LogP contribution in [0.15, 0.2) is 59.6 Å². The average molecular weight is 403 g/mol. The molecule has 0 saturated heterocycles. The summed E-state index contributed by atoms with van der Waals surface area (Å²) >= 11 is 7.45. The van der Waals surface area contributed by atoms with Crippen LogP contribution in [0.5, 0.6) is 0 Å². The highest BCUT2D eigenvalue weighted by molar-refractivity contribution is 7.99. The predicted octanol–water partition coefficient (Wildman–Crippen LogP) is 3.82. The summed E-state index contributed by atoms with van der Waals surface area (Å²) in [6, 6.07) is 15.3. The van der Waals surface area contributed by atoms with Crippen molar-refractivity contribution in [3.63, 3.8) is 0 Å². The third kappa shape index (κ3) is 5.77. The number of para-hydroxylation sites is 1. The number of thioether (sulfide) groups is 1. The van der Waals surface area contributed by atoms with Crippen LogP contribution in [-0.4, -0.2) is 35.8 Å². The molecular formula is C20H19ClN2O3S. The molecule has 0 saturated carbocycles. The number of hydrogen-bond donors (Lipinski definition) is 2. The minimum atomic E-state index is -0.426. The minimum absolute atomic E-state index is 0.129. The predicted molar refractivity (Wildman–Crippen MR) is 108 cm³/mol. The number of esters is 1. The fourth-order valence-electron chi connectivity index (χ4n) is 2.57. The normalized spacial score (nSPS) is 10.7. The SMILES string of the molecule is O=C(COC(=O)Cc1c[nH]c2ccccc12)NCCSc1ccc(Cl)cc1. The lowest BCUT2D eigenvalue weighted by Crippen LogP contribution is -2.30. The molecule has 1 amide bonds. The van der Waals surface area contributed by atoms with Crippen molar-refractivity contribution in [2.45, 2.75) is 11.3 Å². The second-order valence-corrected chi connectivity index (χ2v) is 7.45. The van der Waals surface area contributed by atoms with E-state index in [1.165, 1.54) is 0 Å². The van der Waals surface area contributed by atoms with E-state index in [1.54, 1.807) is 18.0 Å². The molecule has 0 spiro atoms. The molecule has 0 radical (unpaired) electrons. The topological polar surface area (TPSA) is 71.2 Å². The fourth-order valence-corrected chi connectivity index (χ4v) is 3.47. The molecule has 2 N–H and O–H groups in total. The Morgan fingerprint density at radius 3 is 2.70 bits per heavy atom. The van der Waals surface area contributed by atoms with Crippen molar-refractivity contribution in [3.8, 4) is 0 Å². The van der Waals surface area contributed by atoms with E-state index in [9.17, 15) is 9.59 Å². The van der Waals surface area contributed by atoms with E-state index >= 15 is 0 Å². The Morgan fingerprint density at radius 1 is 1.11 bits per heavy atom. The van der Waals surface area contributed by atoms with E-state index in [1.807, 2.05) is 48.5 Å². The van der Waals surface area contributed by atoms with E-state index < -0.39 is 5.97 Å². The van der Waals surface area contributed by atoms with Crippen LogP contribution in [0.1, 0.15) is 5.56 Å². The first-order valence-electron chi connectivity index (χ1n) is 8.47. The first-order chi connectivity index (χ1) is 13.1. The van der Waals surface area contributed by atoms with Gasteiger partial charge in [0.2, 0.25) is 0 Å². The number of amides is 1. The molecule has 0 unspecified atom stereocenters. The van der Waals surface area contributed by atoms with Crippen LogP contribution in [0.3, 0.4) is 0 Å². The summed E-state index contributed by atoms with van der Waals surface area (Å²) in [7, 11) is 0. The molecule has 0 aliphatic carbocycles. The highest BCUT2D eigenvalue weighted by Crippen LogP contribution is 2.20. The van der Waals surface area contributed by atoms with Crippen molar-refractivity contribution in [3.05, 3.63) is 65.3 Å². The molecule has 0 aliphatic rings. The van der Waals surface area contributed by atoms with E-state index in [0.717, 1.165) is 27.1 Å². The van der Waals surface area contributed by atoms with Crippen LogP contribution < -0.4 is 5.32 Å². The maximum absolute atomic E-state index is 12.0. The maximum atomic E-state index is 12.0. The number of nitrogens with one attached hydrogen (secondary N) is 2. The Kier molecular flexibility index (Phi) is 6.79. The van der Waals surface area contributed by atoms with Gasteiger partial charge in [0.25, 0.3) is 5.91 Å². The maximum Gasteiger partial charge on any atom is 0.310 e. The third-order valence-electron chi connectivity index (χ3n) is 3.88. The van der Waals surface area contributed by atoms with Crippen LogP contribution >= 0.6 is 23.4 Å². The van der Waals surface area contributed by atoms with Crippen LogP contribution in [0.2, 0.25) is 5.02 Å². The van der Waals surface area contributed by atoms with Crippen molar-refractivity contribution in [2.24, 2.45) is 0 Å². The van der Waals surface area contributed by atoms with Gasteiger partial charge in [0.1, 0.15) is 0 Å². The number of fused-ring (bicyclic) bond motifs is 1. The first kappa shape index (κ1) is 19.3. The van der Waals surface area contributed by atoms with Crippen molar-refractivity contribution in [2.75, 3.05) is 18.9 Å². The van der Waals surface area contributed by atoms with Gasteiger partial charge in [-0.3, -0.25) is 9.59 Å². The average Bonchev–Trinajstić information content (AvgIpc) is 3.08. The smallest absolute Gasteiger partial charge is 0.310 e. The van der Waals surface area contributed by atoms with Gasteiger partial charge >= 0.3 is 5.97 Å². The van der Waals surface area contributed by atoms with Gasteiger partial charge in [0.05, 0.1) is 6.42 Å². The lowest BCUT2D eigenvalue weighted by atomic mass is 10.1. The van der Waals surface area contributed by atoms with Gasteiger partial charge in [0, 0.05) is 39.3 Å². The summed E-state index contributed by atoms with van der Waals surface area (Å²) in [5, 5.41) is 4.42. The van der Waals surface area contributed by atoms with Gasteiger partial charge in [-0.2, -0.15) is 0 Å². The monoisotopic (exact) mass is 402 g/mol. The van der Waals surface area contributed by atoms with Gasteiger partial charge in [-0.25, -0.2) is 0 Å². The second-order valence-electron chi connectivity index (χ2n) is 5.85.